The van der Waals surface area contributed by atoms with Crippen LogP contribution in [0.25, 0.3) is 0 Å². The van der Waals surface area contributed by atoms with Crippen LogP contribution in [0.1, 0.15) is 37.7 Å². The third kappa shape index (κ3) is 3.42. The van der Waals surface area contributed by atoms with Gasteiger partial charge in [-0.25, -0.2) is 0 Å². The summed E-state index contributed by atoms with van der Waals surface area (Å²) in [7, 11) is 0. The first kappa shape index (κ1) is 12.8. The van der Waals surface area contributed by atoms with E-state index in [1.54, 1.807) is 0 Å². The van der Waals surface area contributed by atoms with Crippen molar-refractivity contribution in [2.75, 3.05) is 0 Å². The number of rotatable bonds is 4. The largest absolute Gasteiger partial charge is 0.264 e. The maximum atomic E-state index is 11.3. The molecule has 0 aromatic heterocycles. The lowest BCUT2D eigenvalue weighted by atomic mass is 9.96. The molecule has 1 aliphatic carbocycles. The zero-order valence-corrected chi connectivity index (χ0v) is 10.5. The molecule has 0 spiro atoms. The minimum Gasteiger partial charge on any atom is -0.264 e. The first-order valence-corrected chi connectivity index (χ1v) is 6.63. The summed E-state index contributed by atoms with van der Waals surface area (Å²) in [6, 6.07) is 9.21. The van der Waals surface area contributed by atoms with Gasteiger partial charge in [-0.2, -0.15) is 0 Å². The highest BCUT2D eigenvalue weighted by Crippen LogP contribution is 2.23. The molecule has 1 unspecified atom stereocenters. The van der Waals surface area contributed by atoms with Crippen LogP contribution in [-0.4, -0.2) is 11.0 Å². The molecule has 18 heavy (non-hydrogen) atoms. The molecule has 0 saturated heterocycles. The lowest BCUT2D eigenvalue weighted by molar-refractivity contribution is -0.512. The predicted molar refractivity (Wildman–Crippen MR) is 72.1 cm³/mol. The van der Waals surface area contributed by atoms with Gasteiger partial charge in [-0.3, -0.25) is 10.1 Å². The minimum absolute atomic E-state index is 0.121. The van der Waals surface area contributed by atoms with Gasteiger partial charge in [0, 0.05) is 11.3 Å². The van der Waals surface area contributed by atoms with Crippen molar-refractivity contribution in [1.82, 2.24) is 0 Å². The van der Waals surface area contributed by atoms with Crippen molar-refractivity contribution in [1.29, 1.82) is 0 Å². The second-order valence-electron chi connectivity index (χ2n) is 4.87. The molecule has 0 amide bonds. The third-order valence-electron chi connectivity index (χ3n) is 3.53. The number of benzene rings is 1. The van der Waals surface area contributed by atoms with Gasteiger partial charge in [0.2, 0.25) is 6.04 Å². The van der Waals surface area contributed by atoms with Gasteiger partial charge in [0.05, 0.1) is 0 Å². The van der Waals surface area contributed by atoms with Gasteiger partial charge in [0.1, 0.15) is 0 Å². The summed E-state index contributed by atoms with van der Waals surface area (Å²) in [5.41, 5.74) is 2.07. The Morgan fingerprint density at radius 1 is 1.17 bits per heavy atom. The molecule has 0 fully saturated rings. The molecule has 96 valence electrons. The molecule has 3 nitrogen and oxygen atoms in total. The van der Waals surface area contributed by atoms with E-state index in [2.05, 4.69) is 6.08 Å². The van der Waals surface area contributed by atoms with Gasteiger partial charge >= 0.3 is 0 Å². The standard InChI is InChI=1S/C15H19NO2/c17-16(18)15(12-13-8-4-3-5-9-13)14-10-6-1-2-7-11-14/h3-5,8-10,15H,1-2,6-7,11-12H2. The Kier molecular flexibility index (Phi) is 4.51. The van der Waals surface area contributed by atoms with Crippen molar-refractivity contribution in [3.63, 3.8) is 0 Å². The van der Waals surface area contributed by atoms with Crippen molar-refractivity contribution >= 4 is 0 Å². The Morgan fingerprint density at radius 2 is 1.94 bits per heavy atom. The normalized spacial score (nSPS) is 17.7. The van der Waals surface area contributed by atoms with Crippen LogP contribution < -0.4 is 0 Å². The van der Waals surface area contributed by atoms with Crippen molar-refractivity contribution in [3.05, 3.63) is 57.7 Å². The Morgan fingerprint density at radius 3 is 2.67 bits per heavy atom. The smallest absolute Gasteiger partial charge is 0.238 e. The second-order valence-corrected chi connectivity index (χ2v) is 4.87. The van der Waals surface area contributed by atoms with E-state index in [-0.39, 0.29) is 4.92 Å². The van der Waals surface area contributed by atoms with Crippen molar-refractivity contribution < 1.29 is 4.92 Å². The maximum absolute atomic E-state index is 11.3. The van der Waals surface area contributed by atoms with E-state index >= 15 is 0 Å². The van der Waals surface area contributed by atoms with E-state index in [1.165, 1.54) is 12.8 Å². The monoisotopic (exact) mass is 245 g/mol. The van der Waals surface area contributed by atoms with Crippen LogP contribution in [0.5, 0.6) is 0 Å². The minimum atomic E-state index is -0.537. The maximum Gasteiger partial charge on any atom is 0.238 e. The van der Waals surface area contributed by atoms with E-state index < -0.39 is 6.04 Å². The third-order valence-corrected chi connectivity index (χ3v) is 3.53. The van der Waals surface area contributed by atoms with Gasteiger partial charge in [0.15, 0.2) is 0 Å². The first-order chi connectivity index (χ1) is 8.77. The van der Waals surface area contributed by atoms with Crippen LogP contribution in [0.15, 0.2) is 42.0 Å². The average Bonchev–Trinajstić information content (AvgIpc) is 2.65. The highest BCUT2D eigenvalue weighted by atomic mass is 16.6. The summed E-state index contributed by atoms with van der Waals surface area (Å²) in [5, 5.41) is 11.3. The fourth-order valence-electron chi connectivity index (χ4n) is 2.52. The molecule has 0 radical (unpaired) electrons. The van der Waals surface area contributed by atoms with Crippen LogP contribution in [0.4, 0.5) is 0 Å². The molecule has 3 heteroatoms. The molecule has 0 heterocycles. The van der Waals surface area contributed by atoms with Crippen LogP contribution >= 0.6 is 0 Å². The molecule has 1 aromatic carbocycles. The Labute approximate surface area is 108 Å². The SMILES string of the molecule is O=[N+]([O-])C(Cc1ccccc1)C1=CCCCCC1. The van der Waals surface area contributed by atoms with Crippen molar-refractivity contribution in [2.45, 2.75) is 44.6 Å². The quantitative estimate of drug-likeness (QED) is 0.460. The van der Waals surface area contributed by atoms with Crippen molar-refractivity contribution in [2.24, 2.45) is 0 Å². The highest BCUT2D eigenvalue weighted by Gasteiger charge is 2.25. The molecule has 0 saturated carbocycles. The fraction of sp³-hybridized carbons (Fsp3) is 0.467. The van der Waals surface area contributed by atoms with Gasteiger partial charge in [-0.05, 0) is 36.8 Å². The lowest BCUT2D eigenvalue weighted by Gasteiger charge is -2.12. The summed E-state index contributed by atoms with van der Waals surface area (Å²) in [6.07, 6.45) is 7.94. The molecular formula is C15H19NO2. The molecular weight excluding hydrogens is 226 g/mol. The molecule has 1 atom stereocenters. The van der Waals surface area contributed by atoms with E-state index in [4.69, 9.17) is 0 Å². The van der Waals surface area contributed by atoms with Crippen molar-refractivity contribution in [3.8, 4) is 0 Å². The van der Waals surface area contributed by atoms with Gasteiger partial charge < -0.3 is 0 Å². The van der Waals surface area contributed by atoms with E-state index in [9.17, 15) is 10.1 Å². The molecule has 2 rings (SSSR count). The summed E-state index contributed by atoms with van der Waals surface area (Å²) < 4.78 is 0. The first-order valence-electron chi connectivity index (χ1n) is 6.63. The van der Waals surface area contributed by atoms with E-state index in [0.29, 0.717) is 6.42 Å². The Bertz CT molecular complexity index is 425. The predicted octanol–water partition coefficient (Wildman–Crippen LogP) is 3.76. The van der Waals surface area contributed by atoms with Crippen LogP contribution in [0.3, 0.4) is 0 Å². The summed E-state index contributed by atoms with van der Waals surface area (Å²) in [5.74, 6) is 0. The Hall–Kier alpha value is -1.64. The van der Waals surface area contributed by atoms with Gasteiger partial charge in [-0.15, -0.1) is 0 Å². The topological polar surface area (TPSA) is 43.1 Å². The summed E-state index contributed by atoms with van der Waals surface area (Å²) in [6.45, 7) is 0. The number of allylic oxidation sites excluding steroid dienone is 1. The second kappa shape index (κ2) is 6.34. The number of hydrogen-bond donors (Lipinski definition) is 0. The number of nitro groups is 1. The zero-order chi connectivity index (χ0) is 12.8. The van der Waals surface area contributed by atoms with Gasteiger partial charge in [0.25, 0.3) is 0 Å². The summed E-state index contributed by atoms with van der Waals surface area (Å²) in [4.78, 5) is 11.2. The molecule has 1 aliphatic rings. The van der Waals surface area contributed by atoms with E-state index in [0.717, 1.165) is 30.4 Å². The molecule has 0 bridgehead atoms. The molecule has 1 aromatic rings. The summed E-state index contributed by atoms with van der Waals surface area (Å²) >= 11 is 0. The zero-order valence-electron chi connectivity index (χ0n) is 10.5. The van der Waals surface area contributed by atoms with E-state index in [1.807, 2.05) is 30.3 Å². The van der Waals surface area contributed by atoms with Crippen LogP contribution in [0.2, 0.25) is 0 Å². The fourth-order valence-corrected chi connectivity index (χ4v) is 2.52. The lowest BCUT2D eigenvalue weighted by Crippen LogP contribution is -2.24. The van der Waals surface area contributed by atoms with Crippen LogP contribution in [0, 0.1) is 10.1 Å². The Balaban J connectivity index is 2.13. The highest BCUT2D eigenvalue weighted by molar-refractivity contribution is 5.20. The number of nitrogens with zero attached hydrogens (tertiary/aromatic N) is 1. The molecule has 0 aliphatic heterocycles. The molecule has 0 N–H and O–H groups in total. The number of hydrogen-bond acceptors (Lipinski definition) is 2. The average molecular weight is 245 g/mol. The van der Waals surface area contributed by atoms with Gasteiger partial charge in [-0.1, -0.05) is 42.8 Å². The van der Waals surface area contributed by atoms with Crippen LogP contribution in [-0.2, 0) is 6.42 Å².